The minimum absolute atomic E-state index is 0.0646. The summed E-state index contributed by atoms with van der Waals surface area (Å²) in [4.78, 5) is 24.7. The summed E-state index contributed by atoms with van der Waals surface area (Å²) in [7, 11) is 1.48. The molecular weight excluding hydrogens is 332 g/mol. The molecule has 0 atom stereocenters. The van der Waals surface area contributed by atoms with E-state index in [4.69, 9.17) is 9.47 Å². The van der Waals surface area contributed by atoms with Crippen LogP contribution in [0, 0.1) is 11.6 Å². The van der Waals surface area contributed by atoms with E-state index in [9.17, 15) is 18.4 Å². The molecule has 0 aromatic heterocycles. The Balaban J connectivity index is 1.74. The minimum Gasteiger partial charge on any atom is -0.482 e. The van der Waals surface area contributed by atoms with Crippen molar-refractivity contribution in [2.24, 2.45) is 0 Å². The van der Waals surface area contributed by atoms with Crippen LogP contribution < -0.4 is 4.74 Å². The van der Waals surface area contributed by atoms with Gasteiger partial charge in [0.2, 0.25) is 0 Å². The maximum atomic E-state index is 13.6. The van der Waals surface area contributed by atoms with E-state index < -0.39 is 36.7 Å². The zero-order valence-corrected chi connectivity index (χ0v) is 13.6. The molecule has 0 unspecified atom stereocenters. The van der Waals surface area contributed by atoms with E-state index in [1.165, 1.54) is 42.3 Å². The topological polar surface area (TPSA) is 55.8 Å². The summed E-state index contributed by atoms with van der Waals surface area (Å²) in [5.41, 5.74) is 0.365. The van der Waals surface area contributed by atoms with Gasteiger partial charge in [0.05, 0.1) is 0 Å². The van der Waals surface area contributed by atoms with Gasteiger partial charge in [-0.3, -0.25) is 4.79 Å². The Morgan fingerprint density at radius 2 is 1.68 bits per heavy atom. The van der Waals surface area contributed by atoms with Gasteiger partial charge in [-0.1, -0.05) is 18.2 Å². The maximum absolute atomic E-state index is 13.6. The van der Waals surface area contributed by atoms with Crippen LogP contribution in [0.1, 0.15) is 5.56 Å². The average molecular weight is 349 g/mol. The fraction of sp³-hybridized carbons (Fsp3) is 0.222. The molecule has 0 spiro atoms. The Morgan fingerprint density at radius 1 is 1.00 bits per heavy atom. The second kappa shape index (κ2) is 8.77. The van der Waals surface area contributed by atoms with Crippen molar-refractivity contribution in [3.05, 3.63) is 65.7 Å². The summed E-state index contributed by atoms with van der Waals surface area (Å²) in [6, 6.07) is 11.2. The average Bonchev–Trinajstić information content (AvgIpc) is 2.61. The van der Waals surface area contributed by atoms with Gasteiger partial charge in [-0.25, -0.2) is 13.6 Å². The van der Waals surface area contributed by atoms with E-state index in [0.717, 1.165) is 0 Å². The Hall–Kier alpha value is -2.96. The predicted octanol–water partition coefficient (Wildman–Crippen LogP) is 2.55. The van der Waals surface area contributed by atoms with Gasteiger partial charge in [-0.05, 0) is 30.3 Å². The number of halogens is 2. The minimum atomic E-state index is -0.739. The van der Waals surface area contributed by atoms with Gasteiger partial charge in [0, 0.05) is 19.2 Å². The first-order chi connectivity index (χ1) is 12.0. The lowest BCUT2D eigenvalue weighted by Gasteiger charge is -2.17. The van der Waals surface area contributed by atoms with Crippen molar-refractivity contribution in [1.82, 2.24) is 4.90 Å². The fourth-order valence-corrected chi connectivity index (χ4v) is 1.94. The normalized spacial score (nSPS) is 10.2. The highest BCUT2D eigenvalue weighted by molar-refractivity contribution is 5.80. The first-order valence-corrected chi connectivity index (χ1v) is 7.47. The van der Waals surface area contributed by atoms with Crippen LogP contribution in [0.2, 0.25) is 0 Å². The highest BCUT2D eigenvalue weighted by Gasteiger charge is 2.14. The van der Waals surface area contributed by atoms with E-state index in [0.29, 0.717) is 11.3 Å². The zero-order valence-electron chi connectivity index (χ0n) is 13.6. The van der Waals surface area contributed by atoms with Gasteiger partial charge in [0.15, 0.2) is 13.2 Å². The molecule has 0 aliphatic rings. The second-order valence-electron chi connectivity index (χ2n) is 5.24. The quantitative estimate of drug-likeness (QED) is 0.721. The summed E-state index contributed by atoms with van der Waals surface area (Å²) in [6.07, 6.45) is 0. The van der Waals surface area contributed by atoms with Crippen molar-refractivity contribution in [2.75, 3.05) is 20.3 Å². The van der Waals surface area contributed by atoms with Crippen molar-refractivity contribution in [2.45, 2.75) is 6.54 Å². The van der Waals surface area contributed by atoms with Gasteiger partial charge in [-0.15, -0.1) is 0 Å². The lowest BCUT2D eigenvalue weighted by Crippen LogP contribution is -2.31. The molecule has 5 nitrogen and oxygen atoms in total. The van der Waals surface area contributed by atoms with Crippen LogP contribution in [0.25, 0.3) is 0 Å². The van der Waals surface area contributed by atoms with Gasteiger partial charge in [0.1, 0.15) is 17.4 Å². The monoisotopic (exact) mass is 349 g/mol. The van der Waals surface area contributed by atoms with E-state index in [2.05, 4.69) is 0 Å². The molecule has 0 bridgehead atoms. The van der Waals surface area contributed by atoms with Crippen molar-refractivity contribution in [1.29, 1.82) is 0 Å². The van der Waals surface area contributed by atoms with E-state index in [1.54, 1.807) is 18.2 Å². The molecule has 132 valence electrons. The van der Waals surface area contributed by atoms with Crippen LogP contribution in [-0.2, 0) is 20.9 Å². The van der Waals surface area contributed by atoms with Crippen molar-refractivity contribution < 1.29 is 27.8 Å². The first kappa shape index (κ1) is 18.4. The molecule has 0 fully saturated rings. The molecule has 0 N–H and O–H groups in total. The summed E-state index contributed by atoms with van der Waals surface area (Å²) >= 11 is 0. The zero-order chi connectivity index (χ0) is 18.2. The molecule has 1 amide bonds. The number of ether oxygens (including phenoxy) is 2. The standard InChI is InChI=1S/C18H17F2NO4/c1-21(10-13-4-2-3-5-16(13)20)17(22)11-25-18(23)12-24-15-8-6-14(19)7-9-15/h2-9H,10-12H2,1H3. The number of hydrogen-bond acceptors (Lipinski definition) is 4. The molecule has 0 saturated heterocycles. The van der Waals surface area contributed by atoms with Gasteiger partial charge in [0.25, 0.3) is 5.91 Å². The van der Waals surface area contributed by atoms with Crippen LogP contribution in [-0.4, -0.2) is 37.0 Å². The number of benzene rings is 2. The number of nitrogens with zero attached hydrogens (tertiary/aromatic N) is 1. The number of esters is 1. The smallest absolute Gasteiger partial charge is 0.344 e. The van der Waals surface area contributed by atoms with Gasteiger partial charge < -0.3 is 14.4 Å². The number of rotatable bonds is 7. The molecule has 0 radical (unpaired) electrons. The van der Waals surface area contributed by atoms with Crippen LogP contribution in [0.5, 0.6) is 5.75 Å². The SMILES string of the molecule is CN(Cc1ccccc1F)C(=O)COC(=O)COc1ccc(F)cc1. The van der Waals surface area contributed by atoms with Gasteiger partial charge >= 0.3 is 5.97 Å². The van der Waals surface area contributed by atoms with Crippen LogP contribution >= 0.6 is 0 Å². The molecule has 2 aromatic carbocycles. The number of carbonyl (C=O) groups excluding carboxylic acids is 2. The van der Waals surface area contributed by atoms with Crippen molar-refractivity contribution in [3.8, 4) is 5.75 Å². The third-order valence-electron chi connectivity index (χ3n) is 3.32. The van der Waals surface area contributed by atoms with Crippen LogP contribution in [0.15, 0.2) is 48.5 Å². The summed E-state index contributed by atoms with van der Waals surface area (Å²) < 4.78 is 36.2. The molecule has 7 heteroatoms. The first-order valence-electron chi connectivity index (χ1n) is 7.47. The largest absolute Gasteiger partial charge is 0.482 e. The van der Waals surface area contributed by atoms with Gasteiger partial charge in [-0.2, -0.15) is 0 Å². The summed E-state index contributed by atoms with van der Waals surface area (Å²) in [5, 5.41) is 0. The molecule has 0 aliphatic heterocycles. The third kappa shape index (κ3) is 5.87. The number of amides is 1. The number of carbonyl (C=O) groups is 2. The fourth-order valence-electron chi connectivity index (χ4n) is 1.94. The lowest BCUT2D eigenvalue weighted by atomic mass is 10.2. The highest BCUT2D eigenvalue weighted by Crippen LogP contribution is 2.11. The molecule has 25 heavy (non-hydrogen) atoms. The van der Waals surface area contributed by atoms with E-state index in [-0.39, 0.29) is 6.54 Å². The number of likely N-dealkylation sites (N-methyl/N-ethyl adjacent to an activating group) is 1. The second-order valence-corrected chi connectivity index (χ2v) is 5.24. The maximum Gasteiger partial charge on any atom is 0.344 e. The third-order valence-corrected chi connectivity index (χ3v) is 3.32. The molecular formula is C18H17F2NO4. The van der Waals surface area contributed by atoms with Crippen LogP contribution in [0.3, 0.4) is 0 Å². The highest BCUT2D eigenvalue weighted by atomic mass is 19.1. The van der Waals surface area contributed by atoms with Crippen molar-refractivity contribution in [3.63, 3.8) is 0 Å². The number of hydrogen-bond donors (Lipinski definition) is 0. The molecule has 0 aliphatic carbocycles. The Labute approximate surface area is 143 Å². The molecule has 0 heterocycles. The molecule has 0 saturated carbocycles. The summed E-state index contributed by atoms with van der Waals surface area (Å²) in [6.45, 7) is -0.818. The predicted molar refractivity (Wildman–Crippen MR) is 85.7 cm³/mol. The van der Waals surface area contributed by atoms with Crippen molar-refractivity contribution >= 4 is 11.9 Å². The Bertz CT molecular complexity index is 734. The lowest BCUT2D eigenvalue weighted by molar-refractivity contribution is -0.153. The Morgan fingerprint density at radius 3 is 2.36 bits per heavy atom. The van der Waals surface area contributed by atoms with E-state index >= 15 is 0 Å². The Kier molecular flexibility index (Phi) is 6.45. The summed E-state index contributed by atoms with van der Waals surface area (Å²) in [5.74, 6) is -1.73. The molecule has 2 aromatic rings. The van der Waals surface area contributed by atoms with Crippen LogP contribution in [0.4, 0.5) is 8.78 Å². The van der Waals surface area contributed by atoms with E-state index in [1.807, 2.05) is 0 Å². The molecule has 2 rings (SSSR count).